The SMILES string of the molecule is N#Cc1c(C(=O)NNC(=S)Nc2ccccc2)nn(-c2ccccc2)c1-c1ccccc1. The molecule has 156 valence electrons. The first-order chi connectivity index (χ1) is 15.7. The van der Waals surface area contributed by atoms with E-state index >= 15 is 0 Å². The molecule has 0 bridgehead atoms. The Kier molecular flexibility index (Phi) is 6.20. The molecule has 0 spiro atoms. The number of hydrazine groups is 1. The van der Waals surface area contributed by atoms with Gasteiger partial charge in [0, 0.05) is 11.3 Å². The zero-order chi connectivity index (χ0) is 22.3. The first kappa shape index (κ1) is 20.8. The summed E-state index contributed by atoms with van der Waals surface area (Å²) in [7, 11) is 0. The van der Waals surface area contributed by atoms with Crippen LogP contribution in [0.4, 0.5) is 5.69 Å². The van der Waals surface area contributed by atoms with E-state index in [1.165, 1.54) is 0 Å². The van der Waals surface area contributed by atoms with Crippen LogP contribution in [0.15, 0.2) is 91.0 Å². The second-order valence-corrected chi connectivity index (χ2v) is 7.10. The molecular formula is C24H18N6OS. The number of para-hydroxylation sites is 2. The Morgan fingerprint density at radius 1 is 0.875 bits per heavy atom. The number of carbonyl (C=O) groups is 1. The zero-order valence-corrected chi connectivity index (χ0v) is 17.6. The van der Waals surface area contributed by atoms with Gasteiger partial charge in [0.2, 0.25) is 0 Å². The first-order valence-electron chi connectivity index (χ1n) is 9.73. The fraction of sp³-hybridized carbons (Fsp3) is 0. The molecule has 0 radical (unpaired) electrons. The normalized spacial score (nSPS) is 10.1. The molecule has 0 atom stereocenters. The van der Waals surface area contributed by atoms with Gasteiger partial charge in [-0.1, -0.05) is 66.7 Å². The lowest BCUT2D eigenvalue weighted by atomic mass is 10.1. The number of nitrogens with zero attached hydrogens (tertiary/aromatic N) is 3. The highest BCUT2D eigenvalue weighted by molar-refractivity contribution is 7.80. The molecule has 1 amide bonds. The Hall–Kier alpha value is -4.48. The Labute approximate surface area is 190 Å². The summed E-state index contributed by atoms with van der Waals surface area (Å²) in [5.74, 6) is -0.578. The summed E-state index contributed by atoms with van der Waals surface area (Å²) in [5.41, 5.74) is 8.14. The second kappa shape index (κ2) is 9.55. The summed E-state index contributed by atoms with van der Waals surface area (Å²) in [6, 6.07) is 30.2. The average Bonchev–Trinajstić information content (AvgIpc) is 3.24. The predicted octanol–water partition coefficient (Wildman–Crippen LogP) is 4.04. The van der Waals surface area contributed by atoms with E-state index < -0.39 is 5.91 Å². The largest absolute Gasteiger partial charge is 0.331 e. The molecule has 0 unspecified atom stereocenters. The summed E-state index contributed by atoms with van der Waals surface area (Å²) in [6.45, 7) is 0. The van der Waals surface area contributed by atoms with Gasteiger partial charge in [0.1, 0.15) is 11.6 Å². The van der Waals surface area contributed by atoms with Gasteiger partial charge < -0.3 is 5.32 Å². The summed E-state index contributed by atoms with van der Waals surface area (Å²) >= 11 is 5.22. The molecule has 8 heteroatoms. The van der Waals surface area contributed by atoms with Gasteiger partial charge in [-0.2, -0.15) is 10.4 Å². The Bertz CT molecular complexity index is 1280. The molecule has 1 aromatic heterocycles. The maximum absolute atomic E-state index is 12.9. The van der Waals surface area contributed by atoms with Crippen LogP contribution in [-0.4, -0.2) is 20.8 Å². The molecule has 7 nitrogen and oxygen atoms in total. The van der Waals surface area contributed by atoms with E-state index in [0.29, 0.717) is 5.69 Å². The van der Waals surface area contributed by atoms with Crippen LogP contribution in [0.25, 0.3) is 16.9 Å². The number of hydrogen-bond donors (Lipinski definition) is 3. The van der Waals surface area contributed by atoms with Crippen molar-refractivity contribution in [2.24, 2.45) is 0 Å². The van der Waals surface area contributed by atoms with Crippen LogP contribution < -0.4 is 16.2 Å². The minimum atomic E-state index is -0.578. The maximum atomic E-state index is 12.9. The highest BCUT2D eigenvalue weighted by Crippen LogP contribution is 2.28. The first-order valence-corrected chi connectivity index (χ1v) is 10.1. The number of rotatable bonds is 4. The Morgan fingerprint density at radius 2 is 1.47 bits per heavy atom. The van der Waals surface area contributed by atoms with E-state index in [4.69, 9.17) is 12.2 Å². The second-order valence-electron chi connectivity index (χ2n) is 6.70. The summed E-state index contributed by atoms with van der Waals surface area (Å²) in [5, 5.41) is 17.5. The van der Waals surface area contributed by atoms with E-state index in [1.807, 2.05) is 91.0 Å². The van der Waals surface area contributed by atoms with Crippen LogP contribution in [0.3, 0.4) is 0 Å². The van der Waals surface area contributed by atoms with Crippen molar-refractivity contribution in [1.29, 1.82) is 5.26 Å². The Balaban J connectivity index is 1.64. The van der Waals surface area contributed by atoms with Crippen LogP contribution >= 0.6 is 12.2 Å². The number of thiocarbonyl (C=S) groups is 1. The predicted molar refractivity (Wildman–Crippen MR) is 127 cm³/mol. The van der Waals surface area contributed by atoms with Crippen LogP contribution in [0, 0.1) is 11.3 Å². The lowest BCUT2D eigenvalue weighted by Crippen LogP contribution is -2.44. The van der Waals surface area contributed by atoms with Gasteiger partial charge in [-0.3, -0.25) is 15.6 Å². The van der Waals surface area contributed by atoms with E-state index in [1.54, 1.807) is 4.68 Å². The van der Waals surface area contributed by atoms with Crippen molar-refractivity contribution >= 4 is 28.9 Å². The van der Waals surface area contributed by atoms with Gasteiger partial charge in [0.25, 0.3) is 5.91 Å². The number of hydrogen-bond acceptors (Lipinski definition) is 4. The Morgan fingerprint density at radius 3 is 2.09 bits per heavy atom. The summed E-state index contributed by atoms with van der Waals surface area (Å²) < 4.78 is 1.60. The molecule has 0 aliphatic rings. The number of nitrogens with one attached hydrogen (secondary N) is 3. The van der Waals surface area contributed by atoms with Crippen molar-refractivity contribution in [3.63, 3.8) is 0 Å². The lowest BCUT2D eigenvalue weighted by Gasteiger charge is -2.10. The number of nitriles is 1. The van der Waals surface area contributed by atoms with Gasteiger partial charge in [-0.15, -0.1) is 0 Å². The molecule has 0 saturated heterocycles. The number of amides is 1. The molecule has 4 aromatic rings. The van der Waals surface area contributed by atoms with Gasteiger partial charge in [-0.05, 0) is 36.5 Å². The topological polar surface area (TPSA) is 94.8 Å². The van der Waals surface area contributed by atoms with Crippen LogP contribution in [-0.2, 0) is 0 Å². The van der Waals surface area contributed by atoms with E-state index in [0.717, 1.165) is 16.9 Å². The van der Waals surface area contributed by atoms with Crippen LogP contribution in [0.1, 0.15) is 16.1 Å². The van der Waals surface area contributed by atoms with Crippen molar-refractivity contribution in [2.45, 2.75) is 0 Å². The fourth-order valence-corrected chi connectivity index (χ4v) is 3.33. The third-order valence-electron chi connectivity index (χ3n) is 4.58. The molecule has 3 aromatic carbocycles. The zero-order valence-electron chi connectivity index (χ0n) is 16.8. The highest BCUT2D eigenvalue weighted by Gasteiger charge is 2.25. The minimum Gasteiger partial charge on any atom is -0.331 e. The average molecular weight is 439 g/mol. The van der Waals surface area contributed by atoms with Crippen molar-refractivity contribution in [3.05, 3.63) is 102 Å². The standard InChI is InChI=1S/C24H18N6OS/c25-16-20-21(23(31)27-28-24(32)26-18-12-6-2-7-13-18)29-30(19-14-8-3-9-15-19)22(20)17-10-4-1-5-11-17/h1-15H,(H,27,31)(H2,26,28,32). The van der Waals surface area contributed by atoms with Crippen molar-refractivity contribution in [1.82, 2.24) is 20.6 Å². The van der Waals surface area contributed by atoms with E-state index in [2.05, 4.69) is 27.3 Å². The van der Waals surface area contributed by atoms with Crippen molar-refractivity contribution < 1.29 is 4.79 Å². The van der Waals surface area contributed by atoms with Gasteiger partial charge in [0.15, 0.2) is 10.8 Å². The molecule has 0 aliphatic carbocycles. The smallest absolute Gasteiger partial charge is 0.291 e. The van der Waals surface area contributed by atoms with Gasteiger partial charge >= 0.3 is 0 Å². The maximum Gasteiger partial charge on any atom is 0.291 e. The van der Waals surface area contributed by atoms with E-state index in [-0.39, 0.29) is 16.4 Å². The molecule has 0 saturated carbocycles. The van der Waals surface area contributed by atoms with Gasteiger partial charge in [-0.25, -0.2) is 4.68 Å². The fourth-order valence-electron chi connectivity index (χ4n) is 3.16. The quantitative estimate of drug-likeness (QED) is 0.329. The number of aromatic nitrogens is 2. The van der Waals surface area contributed by atoms with Crippen molar-refractivity contribution in [3.8, 4) is 23.0 Å². The lowest BCUT2D eigenvalue weighted by molar-refractivity contribution is 0.0938. The number of benzene rings is 3. The van der Waals surface area contributed by atoms with E-state index in [9.17, 15) is 10.1 Å². The summed E-state index contributed by atoms with van der Waals surface area (Å²) in [4.78, 5) is 12.9. The molecule has 0 fully saturated rings. The molecule has 4 rings (SSSR count). The van der Waals surface area contributed by atoms with Crippen LogP contribution in [0.2, 0.25) is 0 Å². The number of anilines is 1. The highest BCUT2D eigenvalue weighted by atomic mass is 32.1. The van der Waals surface area contributed by atoms with Crippen molar-refractivity contribution in [2.75, 3.05) is 5.32 Å². The minimum absolute atomic E-state index is 0.00906. The monoisotopic (exact) mass is 438 g/mol. The summed E-state index contributed by atoms with van der Waals surface area (Å²) in [6.07, 6.45) is 0. The van der Waals surface area contributed by atoms with Crippen LogP contribution in [0.5, 0.6) is 0 Å². The third-order valence-corrected chi connectivity index (χ3v) is 4.79. The van der Waals surface area contributed by atoms with Gasteiger partial charge in [0.05, 0.1) is 11.4 Å². The molecule has 1 heterocycles. The molecule has 3 N–H and O–H groups in total. The molecule has 32 heavy (non-hydrogen) atoms. The molecular weight excluding hydrogens is 420 g/mol. The number of carbonyl (C=O) groups excluding carboxylic acids is 1. The third kappa shape index (κ3) is 4.48. The molecule has 0 aliphatic heterocycles.